The predicted octanol–water partition coefficient (Wildman–Crippen LogP) is 4.83. The second kappa shape index (κ2) is 11.2. The number of nitrogens with zero attached hydrogens (tertiary/aromatic N) is 2. The summed E-state index contributed by atoms with van der Waals surface area (Å²) in [6, 6.07) is 16.5. The molecule has 0 spiro atoms. The molecule has 1 fully saturated rings. The van der Waals surface area contributed by atoms with E-state index in [-0.39, 0.29) is 17.9 Å². The van der Waals surface area contributed by atoms with Crippen LogP contribution in [0.3, 0.4) is 0 Å². The molecule has 0 aliphatic carbocycles. The summed E-state index contributed by atoms with van der Waals surface area (Å²) in [7, 11) is 0. The summed E-state index contributed by atoms with van der Waals surface area (Å²) in [5.41, 5.74) is 1.84. The molecule has 4 rings (SSSR count). The molecule has 1 N–H and O–H groups in total. The molecule has 0 saturated carbocycles. The largest absolute Gasteiger partial charge is 0.507 e. The van der Waals surface area contributed by atoms with Crippen LogP contribution in [-0.2, 0) is 16.1 Å². The van der Waals surface area contributed by atoms with Crippen LogP contribution in [-0.4, -0.2) is 39.9 Å². The Hall–Kier alpha value is -4.65. The lowest BCUT2D eigenvalue weighted by atomic mass is 9.95. The number of hydrogen-bond donors (Lipinski definition) is 1. The van der Waals surface area contributed by atoms with Crippen molar-refractivity contribution in [3.05, 3.63) is 121 Å². The molecule has 1 unspecified atom stereocenters. The fourth-order valence-corrected chi connectivity index (χ4v) is 4.00. The van der Waals surface area contributed by atoms with E-state index >= 15 is 0 Å². The van der Waals surface area contributed by atoms with E-state index in [9.17, 15) is 14.7 Å². The highest BCUT2D eigenvalue weighted by molar-refractivity contribution is 6.46. The molecule has 1 aliphatic heterocycles. The predicted molar refractivity (Wildman–Crippen MR) is 136 cm³/mol. The summed E-state index contributed by atoms with van der Waals surface area (Å²) in [6.45, 7) is 8.12. The van der Waals surface area contributed by atoms with Crippen molar-refractivity contribution in [2.75, 3.05) is 13.2 Å². The minimum absolute atomic E-state index is 0.0170. The molecule has 1 atom stereocenters. The highest BCUT2D eigenvalue weighted by atomic mass is 16.5. The number of rotatable bonds is 10. The molecule has 0 bridgehead atoms. The number of Topliss-reactive ketones (excluding diaryl/α,β-unsaturated/α-hetero) is 1. The van der Waals surface area contributed by atoms with Crippen molar-refractivity contribution in [3.8, 4) is 11.5 Å². The van der Waals surface area contributed by atoms with Crippen LogP contribution >= 0.6 is 0 Å². The average Bonchev–Trinajstić information content (AvgIpc) is 3.16. The fraction of sp³-hybridized carbons (Fsp3) is 0.138. The van der Waals surface area contributed by atoms with Crippen LogP contribution in [0.15, 0.2) is 104 Å². The molecule has 36 heavy (non-hydrogen) atoms. The van der Waals surface area contributed by atoms with Crippen LogP contribution in [0.1, 0.15) is 22.7 Å². The summed E-state index contributed by atoms with van der Waals surface area (Å²) < 4.78 is 11.1. The van der Waals surface area contributed by atoms with Crippen LogP contribution in [0.4, 0.5) is 0 Å². The normalized spacial score (nSPS) is 16.6. The van der Waals surface area contributed by atoms with E-state index in [2.05, 4.69) is 18.1 Å². The maximum atomic E-state index is 13.2. The van der Waals surface area contributed by atoms with Crippen molar-refractivity contribution in [2.45, 2.75) is 12.6 Å². The summed E-state index contributed by atoms with van der Waals surface area (Å²) >= 11 is 0. The van der Waals surface area contributed by atoms with Gasteiger partial charge in [-0.1, -0.05) is 43.5 Å². The number of ketones is 1. The number of carbonyl (C=O) groups excluding carboxylic acids is 2. The molecule has 3 aromatic rings. The van der Waals surface area contributed by atoms with Gasteiger partial charge < -0.3 is 19.5 Å². The smallest absolute Gasteiger partial charge is 0.295 e. The van der Waals surface area contributed by atoms with Gasteiger partial charge in [-0.3, -0.25) is 14.6 Å². The van der Waals surface area contributed by atoms with E-state index in [1.54, 1.807) is 79.1 Å². The Bertz CT molecular complexity index is 1280. The van der Waals surface area contributed by atoms with Crippen LogP contribution in [0.25, 0.3) is 5.76 Å². The van der Waals surface area contributed by atoms with Crippen molar-refractivity contribution in [1.82, 2.24) is 9.88 Å². The maximum absolute atomic E-state index is 13.2. The first kappa shape index (κ1) is 24.5. The number of likely N-dealkylation sites (tertiary alicyclic amines) is 1. The van der Waals surface area contributed by atoms with Gasteiger partial charge in [-0.25, -0.2) is 0 Å². The van der Waals surface area contributed by atoms with Crippen LogP contribution in [0.5, 0.6) is 11.5 Å². The van der Waals surface area contributed by atoms with Gasteiger partial charge in [0.2, 0.25) is 0 Å². The monoisotopic (exact) mass is 482 g/mol. The number of amides is 1. The van der Waals surface area contributed by atoms with Crippen LogP contribution < -0.4 is 9.47 Å². The van der Waals surface area contributed by atoms with Crippen molar-refractivity contribution < 1.29 is 24.2 Å². The van der Waals surface area contributed by atoms with Crippen molar-refractivity contribution in [2.24, 2.45) is 0 Å². The summed E-state index contributed by atoms with van der Waals surface area (Å²) in [5, 5.41) is 11.2. The van der Waals surface area contributed by atoms with Gasteiger partial charge in [0.05, 0.1) is 11.6 Å². The molecular formula is C29H26N2O5. The lowest BCUT2D eigenvalue weighted by Gasteiger charge is -2.25. The molecule has 1 aliphatic rings. The van der Waals surface area contributed by atoms with Gasteiger partial charge in [0.15, 0.2) is 0 Å². The van der Waals surface area contributed by atoms with Crippen molar-refractivity contribution in [1.29, 1.82) is 0 Å². The molecule has 2 heterocycles. The topological polar surface area (TPSA) is 89.0 Å². The Labute approximate surface area is 209 Å². The first-order valence-corrected chi connectivity index (χ1v) is 11.4. The van der Waals surface area contributed by atoms with E-state index in [1.165, 1.54) is 4.90 Å². The van der Waals surface area contributed by atoms with Crippen molar-refractivity contribution >= 4 is 17.4 Å². The third-order valence-corrected chi connectivity index (χ3v) is 5.67. The zero-order valence-electron chi connectivity index (χ0n) is 19.7. The van der Waals surface area contributed by atoms with Gasteiger partial charge in [0, 0.05) is 24.5 Å². The molecule has 2 aromatic carbocycles. The fourth-order valence-electron chi connectivity index (χ4n) is 4.00. The molecular weight excluding hydrogens is 456 g/mol. The van der Waals surface area contributed by atoms with Crippen LogP contribution in [0.2, 0.25) is 0 Å². The molecule has 7 nitrogen and oxygen atoms in total. The van der Waals surface area contributed by atoms with Gasteiger partial charge in [0.25, 0.3) is 11.7 Å². The number of benzene rings is 2. The quantitative estimate of drug-likeness (QED) is 0.193. The minimum atomic E-state index is -0.796. The number of aromatic nitrogens is 1. The highest BCUT2D eigenvalue weighted by Gasteiger charge is 2.46. The van der Waals surface area contributed by atoms with Crippen molar-refractivity contribution in [3.63, 3.8) is 0 Å². The first-order valence-electron chi connectivity index (χ1n) is 11.4. The SMILES string of the molecule is C=CCOc1ccc(C(O)=C2C(=O)C(=O)N(Cc3cccnc3)C2c2ccc(OCC=C)cc2)cc1. The molecule has 1 saturated heterocycles. The number of aliphatic hydroxyl groups is 1. The highest BCUT2D eigenvalue weighted by Crippen LogP contribution is 2.40. The Morgan fingerprint density at radius 1 is 0.944 bits per heavy atom. The third-order valence-electron chi connectivity index (χ3n) is 5.67. The van der Waals surface area contributed by atoms with Gasteiger partial charge >= 0.3 is 0 Å². The van der Waals surface area contributed by atoms with E-state index in [4.69, 9.17) is 9.47 Å². The summed E-state index contributed by atoms with van der Waals surface area (Å²) in [6.07, 6.45) is 6.56. The zero-order valence-corrected chi connectivity index (χ0v) is 19.7. The number of ether oxygens (including phenoxy) is 2. The maximum Gasteiger partial charge on any atom is 0.295 e. The second-order valence-corrected chi connectivity index (χ2v) is 8.08. The van der Waals surface area contributed by atoms with Gasteiger partial charge in [-0.2, -0.15) is 0 Å². The number of aliphatic hydroxyl groups excluding tert-OH is 1. The Morgan fingerprint density at radius 3 is 2.11 bits per heavy atom. The van der Waals surface area contributed by atoms with E-state index in [0.717, 1.165) is 5.56 Å². The lowest BCUT2D eigenvalue weighted by molar-refractivity contribution is -0.140. The van der Waals surface area contributed by atoms with Crippen LogP contribution in [0, 0.1) is 0 Å². The van der Waals surface area contributed by atoms with Gasteiger partial charge in [0.1, 0.15) is 30.5 Å². The number of hydrogen-bond acceptors (Lipinski definition) is 6. The first-order chi connectivity index (χ1) is 17.5. The minimum Gasteiger partial charge on any atom is -0.507 e. The summed E-state index contributed by atoms with van der Waals surface area (Å²) in [5.74, 6) is -0.480. The number of pyridine rings is 1. The lowest BCUT2D eigenvalue weighted by Crippen LogP contribution is -2.29. The van der Waals surface area contributed by atoms with Gasteiger partial charge in [-0.05, 0) is 53.6 Å². The van der Waals surface area contributed by atoms with Gasteiger partial charge in [-0.15, -0.1) is 0 Å². The summed E-state index contributed by atoms with van der Waals surface area (Å²) in [4.78, 5) is 32.0. The molecule has 182 valence electrons. The molecule has 0 radical (unpaired) electrons. The van der Waals surface area contributed by atoms with E-state index in [1.807, 2.05) is 6.07 Å². The number of carbonyl (C=O) groups is 2. The molecule has 1 aromatic heterocycles. The Balaban J connectivity index is 1.76. The Morgan fingerprint density at radius 2 is 1.56 bits per heavy atom. The zero-order chi connectivity index (χ0) is 25.5. The standard InChI is InChI=1S/C29H26N2O5/c1-3-16-35-23-11-7-21(8-12-23)26-25(27(32)22-9-13-24(14-10-22)36-17-4-2)28(33)29(34)31(26)19-20-6-5-15-30-18-20/h3-15,18,26,32H,1-2,16-17,19H2. The molecule has 7 heteroatoms. The average molecular weight is 483 g/mol. The van der Waals surface area contributed by atoms with E-state index < -0.39 is 17.7 Å². The molecule has 1 amide bonds. The third kappa shape index (κ3) is 5.20. The van der Waals surface area contributed by atoms with E-state index in [0.29, 0.717) is 35.8 Å². The Kier molecular flexibility index (Phi) is 7.60. The second-order valence-electron chi connectivity index (χ2n) is 8.08.